The van der Waals surface area contributed by atoms with E-state index in [4.69, 9.17) is 19.9 Å². The number of phenols is 1. The van der Waals surface area contributed by atoms with Gasteiger partial charge in [-0.05, 0) is 191 Å². The Morgan fingerprint density at radius 1 is 0.761 bits per heavy atom. The van der Waals surface area contributed by atoms with Crippen molar-refractivity contribution in [2.45, 2.75) is 22.4 Å². The van der Waals surface area contributed by atoms with E-state index in [1.54, 1.807) is 49.9 Å². The molecule has 4 N–H and O–H groups in total. The van der Waals surface area contributed by atoms with Crippen molar-refractivity contribution in [1.29, 1.82) is 0 Å². The highest BCUT2D eigenvalue weighted by molar-refractivity contribution is 14.2. The van der Waals surface area contributed by atoms with Crippen molar-refractivity contribution < 1.29 is 34.0 Å². The van der Waals surface area contributed by atoms with Crippen LogP contribution in [0.5, 0.6) is 34.5 Å². The standard InChI is InChI=1S/C30H21I7N2O7/c31-21-12-20(13-22(32)26(21)40)45-27-23(33)9-16(10-24(27)34)11-25(38)28(41)46-19-7-5-18(6-8-19)44-17-3-1-15(2-4-17)14-30(35,29(42)43)39(36)37/h1-10,12-13,25,40H,11,14,38H2,(H,42,43)/t25-,30-/m0/s1. The number of esters is 1. The van der Waals surface area contributed by atoms with Crippen LogP contribution in [0, 0.1) is 14.3 Å². The van der Waals surface area contributed by atoms with E-state index in [2.05, 4.69) is 90.4 Å². The van der Waals surface area contributed by atoms with Crippen LogP contribution >= 0.6 is 159 Å². The fourth-order valence-electron chi connectivity index (χ4n) is 3.94. The lowest BCUT2D eigenvalue weighted by Crippen LogP contribution is -2.41. The van der Waals surface area contributed by atoms with Crippen molar-refractivity contribution in [3.63, 3.8) is 0 Å². The molecular formula is C30H21I7N2O7. The van der Waals surface area contributed by atoms with Gasteiger partial charge in [0.15, 0.2) is 9.30 Å². The first-order chi connectivity index (χ1) is 21.7. The Kier molecular flexibility index (Phi) is 14.8. The first-order valence-corrected chi connectivity index (χ1v) is 20.2. The monoisotopic (exact) mass is 1410 g/mol. The van der Waals surface area contributed by atoms with Gasteiger partial charge < -0.3 is 30.2 Å². The van der Waals surface area contributed by atoms with E-state index in [0.29, 0.717) is 42.3 Å². The van der Waals surface area contributed by atoms with Crippen LogP contribution in [-0.2, 0) is 22.4 Å². The lowest BCUT2D eigenvalue weighted by molar-refractivity contribution is -0.140. The number of aliphatic carboxylic acids is 1. The number of hydrogen-bond donors (Lipinski definition) is 3. The fourth-order valence-corrected chi connectivity index (χ4v) is 8.96. The molecule has 0 amide bonds. The highest BCUT2D eigenvalue weighted by atomic mass is 127. The Labute approximate surface area is 361 Å². The maximum absolute atomic E-state index is 12.8. The van der Waals surface area contributed by atoms with Crippen molar-refractivity contribution in [1.82, 2.24) is 1.33 Å². The molecule has 9 nitrogen and oxygen atoms in total. The Balaban J connectivity index is 1.33. The van der Waals surface area contributed by atoms with Crippen LogP contribution in [-0.4, -0.2) is 33.1 Å². The molecule has 16 heteroatoms. The minimum absolute atomic E-state index is 0.226. The molecule has 0 bridgehead atoms. The van der Waals surface area contributed by atoms with Gasteiger partial charge in [0.1, 0.15) is 34.8 Å². The fraction of sp³-hybridized carbons (Fsp3) is 0.133. The molecule has 4 aromatic rings. The number of carboxylic acid groups (broad SMARTS) is 1. The Bertz CT molecular complexity index is 1700. The SMILES string of the molecule is N[C@@H](Cc1cc(I)c(Oc2cc(I)c(O)c(I)c2)c(I)c1)C(=O)Oc1ccc(Oc2ccc(C[C@@](I)(C(=O)O)N(I)I)cc2)cc1. The molecule has 0 radical (unpaired) electrons. The average molecular weight is 1410 g/mol. The molecule has 0 aromatic heterocycles. The van der Waals surface area contributed by atoms with Crippen LogP contribution in [0.15, 0.2) is 72.8 Å². The van der Waals surface area contributed by atoms with Crippen LogP contribution < -0.4 is 19.9 Å². The van der Waals surface area contributed by atoms with Gasteiger partial charge >= 0.3 is 11.9 Å². The molecular weight excluding hydrogens is 1390 g/mol. The second-order valence-electron chi connectivity index (χ2n) is 9.65. The number of ether oxygens (including phenoxy) is 3. The van der Waals surface area contributed by atoms with Gasteiger partial charge in [-0.2, -0.15) is 1.33 Å². The summed E-state index contributed by atoms with van der Waals surface area (Å²) >= 11 is 14.4. The minimum Gasteiger partial charge on any atom is -0.506 e. The normalized spacial score (nSPS) is 13.2. The molecule has 4 aromatic carbocycles. The Morgan fingerprint density at radius 3 is 1.76 bits per heavy atom. The first-order valence-electron chi connectivity index (χ1n) is 12.9. The van der Waals surface area contributed by atoms with Crippen molar-refractivity contribution in [2.75, 3.05) is 0 Å². The molecule has 0 saturated heterocycles. The molecule has 0 aliphatic carbocycles. The van der Waals surface area contributed by atoms with Gasteiger partial charge in [-0.1, -0.05) is 12.1 Å². The molecule has 0 spiro atoms. The van der Waals surface area contributed by atoms with E-state index in [-0.39, 0.29) is 12.2 Å². The lowest BCUT2D eigenvalue weighted by Gasteiger charge is -2.26. The van der Waals surface area contributed by atoms with Crippen molar-refractivity contribution >= 4 is 171 Å². The number of phenolic OH excluding ortho intramolecular Hbond substituents is 1. The second-order valence-corrected chi connectivity index (χ2v) is 19.9. The van der Waals surface area contributed by atoms with Crippen LogP contribution in [0.3, 0.4) is 0 Å². The highest BCUT2D eigenvalue weighted by Gasteiger charge is 2.40. The summed E-state index contributed by atoms with van der Waals surface area (Å²) in [5.41, 5.74) is 7.94. The maximum atomic E-state index is 12.8. The van der Waals surface area contributed by atoms with E-state index in [1.807, 2.05) is 92.6 Å². The van der Waals surface area contributed by atoms with E-state index < -0.39 is 21.5 Å². The summed E-state index contributed by atoms with van der Waals surface area (Å²) in [6.45, 7) is 0. The van der Waals surface area contributed by atoms with Crippen LogP contribution in [0.2, 0.25) is 0 Å². The predicted octanol–water partition coefficient (Wildman–Crippen LogP) is 9.63. The van der Waals surface area contributed by atoms with Gasteiger partial charge in [0.2, 0.25) is 0 Å². The number of alkyl halides is 1. The maximum Gasteiger partial charge on any atom is 0.336 e. The molecule has 0 unspecified atom stereocenters. The summed E-state index contributed by atoms with van der Waals surface area (Å²) in [6, 6.07) is 20.4. The van der Waals surface area contributed by atoms with E-state index in [0.717, 1.165) is 18.3 Å². The smallest absolute Gasteiger partial charge is 0.336 e. The lowest BCUT2D eigenvalue weighted by atomic mass is 10.1. The van der Waals surface area contributed by atoms with Gasteiger partial charge in [-0.3, -0.25) is 0 Å². The Hall–Kier alpha value is 0.250. The number of nitrogens with two attached hydrogens (primary N) is 1. The summed E-state index contributed by atoms with van der Waals surface area (Å²) in [5, 5.41) is 19.7. The molecule has 0 aliphatic heterocycles. The molecule has 0 aliphatic rings. The van der Waals surface area contributed by atoms with Crippen LogP contribution in [0.1, 0.15) is 11.1 Å². The number of nitrogens with zero attached hydrogens (tertiary/aromatic N) is 1. The third kappa shape index (κ3) is 10.4. The molecule has 0 heterocycles. The number of aromatic hydroxyl groups is 1. The first kappa shape index (κ1) is 39.0. The van der Waals surface area contributed by atoms with Gasteiger partial charge in [-0.25, -0.2) is 9.59 Å². The van der Waals surface area contributed by atoms with Gasteiger partial charge in [0.25, 0.3) is 0 Å². The number of rotatable bonds is 12. The largest absolute Gasteiger partial charge is 0.506 e. The third-order valence-corrected chi connectivity index (χ3v) is 14.3. The quantitative estimate of drug-likeness (QED) is 0.0317. The molecule has 0 saturated carbocycles. The second kappa shape index (κ2) is 17.5. The number of hydrogen-bond acceptors (Lipinski definition) is 8. The molecule has 46 heavy (non-hydrogen) atoms. The summed E-state index contributed by atoms with van der Waals surface area (Å²) < 4.78 is 21.2. The number of carbonyl (C=O) groups is 2. The van der Waals surface area contributed by atoms with E-state index in [9.17, 15) is 19.8 Å². The van der Waals surface area contributed by atoms with Gasteiger partial charge in [-0.15, -0.1) is 0 Å². The topological polar surface area (TPSA) is 132 Å². The predicted molar refractivity (Wildman–Crippen MR) is 234 cm³/mol. The molecule has 0 fully saturated rings. The summed E-state index contributed by atoms with van der Waals surface area (Å²) in [5.74, 6) is 1.50. The van der Waals surface area contributed by atoms with Crippen LogP contribution in [0.4, 0.5) is 0 Å². The summed E-state index contributed by atoms with van der Waals surface area (Å²) in [4.78, 5) is 24.6. The van der Waals surface area contributed by atoms with Gasteiger partial charge in [0.05, 0.1) is 14.3 Å². The van der Waals surface area contributed by atoms with Crippen molar-refractivity contribution in [2.24, 2.45) is 5.73 Å². The van der Waals surface area contributed by atoms with Gasteiger partial charge in [0, 0.05) is 52.1 Å². The zero-order chi connectivity index (χ0) is 33.8. The zero-order valence-electron chi connectivity index (χ0n) is 23.0. The number of carbonyl (C=O) groups excluding carboxylic acids is 1. The number of benzene rings is 4. The van der Waals surface area contributed by atoms with E-state index in [1.165, 1.54) is 0 Å². The molecule has 2 atom stereocenters. The highest BCUT2D eigenvalue weighted by Crippen LogP contribution is 2.38. The van der Waals surface area contributed by atoms with Crippen molar-refractivity contribution in [3.8, 4) is 34.5 Å². The molecule has 4 rings (SSSR count). The minimum atomic E-state index is -1.08. The summed E-state index contributed by atoms with van der Waals surface area (Å²) in [6.07, 6.45) is 0.589. The molecule has 242 valence electrons. The zero-order valence-corrected chi connectivity index (χ0v) is 38.1. The van der Waals surface area contributed by atoms with Crippen molar-refractivity contribution in [3.05, 3.63) is 98.2 Å². The summed E-state index contributed by atoms with van der Waals surface area (Å²) in [7, 11) is 0. The number of carboxylic acids is 1. The number of halogens is 7. The third-order valence-electron chi connectivity index (χ3n) is 6.26. The van der Waals surface area contributed by atoms with Crippen LogP contribution in [0.25, 0.3) is 0 Å². The van der Waals surface area contributed by atoms with E-state index >= 15 is 0 Å². The Morgan fingerprint density at radius 2 is 1.26 bits per heavy atom. The average Bonchev–Trinajstić information content (AvgIpc) is 2.99.